The highest BCUT2D eigenvalue weighted by atomic mass is 16.7. The van der Waals surface area contributed by atoms with E-state index in [9.17, 15) is 14.9 Å². The second-order valence-corrected chi connectivity index (χ2v) is 5.06. The second-order valence-electron chi connectivity index (χ2n) is 5.06. The molecule has 0 heterocycles. The summed E-state index contributed by atoms with van der Waals surface area (Å²) in [5.41, 5.74) is 6.97. The molecule has 0 aliphatic carbocycles. The molecule has 2 aromatic carbocycles. The maximum absolute atomic E-state index is 12.2. The largest absolute Gasteiger partial charge is 0.380 e. The molecule has 0 amide bonds. The topological polar surface area (TPSA) is 108 Å². The van der Waals surface area contributed by atoms with Crippen LogP contribution in [0.25, 0.3) is 0 Å². The average molecular weight is 327 g/mol. The van der Waals surface area contributed by atoms with Crippen LogP contribution in [0.3, 0.4) is 0 Å². The lowest BCUT2D eigenvalue weighted by atomic mass is 9.97. The Labute approximate surface area is 138 Å². The highest BCUT2D eigenvalue weighted by Crippen LogP contribution is 2.21. The van der Waals surface area contributed by atoms with E-state index < -0.39 is 16.8 Å². The number of nitro groups is 1. The third-order valence-corrected chi connectivity index (χ3v) is 3.50. The van der Waals surface area contributed by atoms with Crippen LogP contribution in [0.1, 0.15) is 30.4 Å². The van der Waals surface area contributed by atoms with Crippen molar-refractivity contribution in [2.75, 3.05) is 0 Å². The molecule has 0 saturated carbocycles. The maximum atomic E-state index is 12.2. The van der Waals surface area contributed by atoms with Crippen LogP contribution in [-0.2, 0) is 9.63 Å². The maximum Gasteiger partial charge on any atom is 0.342 e. The smallest absolute Gasteiger partial charge is 0.342 e. The van der Waals surface area contributed by atoms with Gasteiger partial charge < -0.3 is 10.6 Å². The van der Waals surface area contributed by atoms with Crippen LogP contribution < -0.4 is 5.73 Å². The lowest BCUT2D eigenvalue weighted by Gasteiger charge is -2.11. The van der Waals surface area contributed by atoms with Gasteiger partial charge in [0.25, 0.3) is 5.69 Å². The van der Waals surface area contributed by atoms with Gasteiger partial charge in [0.15, 0.2) is 5.84 Å². The number of carbonyl (C=O) groups excluding carboxylic acids is 1. The normalized spacial score (nSPS) is 12.5. The van der Waals surface area contributed by atoms with Gasteiger partial charge in [-0.2, -0.15) is 0 Å². The van der Waals surface area contributed by atoms with E-state index in [4.69, 9.17) is 10.6 Å². The number of hydrogen-bond donors (Lipinski definition) is 1. The number of carbonyl (C=O) groups is 1. The summed E-state index contributed by atoms with van der Waals surface area (Å²) in [5.74, 6) is -0.964. The fraction of sp³-hybridized carbons (Fsp3) is 0.176. The third-order valence-electron chi connectivity index (χ3n) is 3.50. The molecule has 0 fully saturated rings. The molecule has 0 bridgehead atoms. The van der Waals surface area contributed by atoms with Crippen molar-refractivity contribution in [2.45, 2.75) is 19.3 Å². The minimum atomic E-state index is -0.511. The van der Waals surface area contributed by atoms with E-state index in [-0.39, 0.29) is 11.5 Å². The van der Waals surface area contributed by atoms with Crippen molar-refractivity contribution < 1.29 is 14.6 Å². The number of oxime groups is 1. The first-order chi connectivity index (χ1) is 11.5. The van der Waals surface area contributed by atoms with Crippen molar-refractivity contribution in [1.82, 2.24) is 0 Å². The SMILES string of the molecule is CC[C@@H](C(=O)O/N=C(/N)c1ccc([N+](=O)[O-])cc1)c1ccccc1. The van der Waals surface area contributed by atoms with Gasteiger partial charge in [0.05, 0.1) is 10.8 Å². The molecule has 0 aliphatic heterocycles. The van der Waals surface area contributed by atoms with Crippen LogP contribution >= 0.6 is 0 Å². The minimum Gasteiger partial charge on any atom is -0.380 e. The Kier molecular flexibility index (Phi) is 5.62. The van der Waals surface area contributed by atoms with Crippen molar-refractivity contribution in [2.24, 2.45) is 10.9 Å². The van der Waals surface area contributed by atoms with Gasteiger partial charge in [-0.05, 0) is 24.1 Å². The van der Waals surface area contributed by atoms with Crippen molar-refractivity contribution in [3.8, 4) is 0 Å². The van der Waals surface area contributed by atoms with Gasteiger partial charge in [-0.15, -0.1) is 0 Å². The van der Waals surface area contributed by atoms with Gasteiger partial charge in [0.2, 0.25) is 0 Å². The average Bonchev–Trinajstić information content (AvgIpc) is 2.61. The molecule has 0 spiro atoms. The number of nitrogens with two attached hydrogens (primary N) is 1. The van der Waals surface area contributed by atoms with Gasteiger partial charge >= 0.3 is 5.97 Å². The Morgan fingerprint density at radius 3 is 2.38 bits per heavy atom. The second kappa shape index (κ2) is 7.87. The van der Waals surface area contributed by atoms with Gasteiger partial charge in [-0.25, -0.2) is 4.79 Å². The van der Waals surface area contributed by atoms with Gasteiger partial charge in [-0.1, -0.05) is 42.4 Å². The number of rotatable bonds is 6. The zero-order valence-corrected chi connectivity index (χ0v) is 13.1. The molecule has 0 unspecified atom stereocenters. The molecule has 0 aliphatic rings. The molecule has 0 saturated heterocycles. The Hall–Kier alpha value is -3.22. The highest BCUT2D eigenvalue weighted by molar-refractivity contribution is 5.97. The molecule has 2 rings (SSSR count). The predicted octanol–water partition coefficient (Wildman–Crippen LogP) is 2.95. The first-order valence-electron chi connectivity index (χ1n) is 7.37. The van der Waals surface area contributed by atoms with Crippen molar-refractivity contribution in [1.29, 1.82) is 0 Å². The first-order valence-corrected chi connectivity index (χ1v) is 7.37. The fourth-order valence-electron chi connectivity index (χ4n) is 2.19. The third kappa shape index (κ3) is 4.16. The summed E-state index contributed by atoms with van der Waals surface area (Å²) in [5, 5.41) is 14.3. The summed E-state index contributed by atoms with van der Waals surface area (Å²) in [6, 6.07) is 14.7. The van der Waals surface area contributed by atoms with Crippen LogP contribution in [0.15, 0.2) is 59.8 Å². The first kappa shape index (κ1) is 17.1. The molecule has 124 valence electrons. The Balaban J connectivity index is 2.08. The van der Waals surface area contributed by atoms with E-state index in [1.54, 1.807) is 0 Å². The van der Waals surface area contributed by atoms with Crippen molar-refractivity contribution >= 4 is 17.5 Å². The Bertz CT molecular complexity index is 742. The van der Waals surface area contributed by atoms with Gasteiger partial charge in [0.1, 0.15) is 0 Å². The van der Waals surface area contributed by atoms with Gasteiger partial charge in [-0.3, -0.25) is 10.1 Å². The van der Waals surface area contributed by atoms with Crippen LogP contribution in [-0.4, -0.2) is 16.7 Å². The number of nitrogens with zero attached hydrogens (tertiary/aromatic N) is 2. The lowest BCUT2D eigenvalue weighted by molar-refractivity contribution is -0.384. The Morgan fingerprint density at radius 1 is 1.21 bits per heavy atom. The number of nitro benzene ring substituents is 1. The Morgan fingerprint density at radius 2 is 1.83 bits per heavy atom. The highest BCUT2D eigenvalue weighted by Gasteiger charge is 2.20. The quantitative estimate of drug-likeness (QED) is 0.288. The van der Waals surface area contributed by atoms with Crippen LogP contribution in [0.4, 0.5) is 5.69 Å². The number of amidine groups is 1. The van der Waals surface area contributed by atoms with Crippen molar-refractivity contribution in [3.05, 3.63) is 75.8 Å². The van der Waals surface area contributed by atoms with Crippen LogP contribution in [0.2, 0.25) is 0 Å². The molecule has 1 atom stereocenters. The summed E-state index contributed by atoms with van der Waals surface area (Å²) < 4.78 is 0. The van der Waals surface area contributed by atoms with Crippen molar-refractivity contribution in [3.63, 3.8) is 0 Å². The van der Waals surface area contributed by atoms with E-state index >= 15 is 0 Å². The standard InChI is InChI=1S/C17H17N3O4/c1-2-15(12-6-4-3-5-7-12)17(21)24-19-16(18)13-8-10-14(11-9-13)20(22)23/h3-11,15H,2H2,1H3,(H2,18,19)/t15-/m1/s1. The predicted molar refractivity (Wildman–Crippen MR) is 89.4 cm³/mol. The molecular formula is C17H17N3O4. The molecule has 7 nitrogen and oxygen atoms in total. The summed E-state index contributed by atoms with van der Waals surface area (Å²) in [7, 11) is 0. The van der Waals surface area contributed by atoms with E-state index in [1.165, 1.54) is 24.3 Å². The lowest BCUT2D eigenvalue weighted by Crippen LogP contribution is -2.18. The number of hydrogen-bond acceptors (Lipinski definition) is 5. The summed E-state index contributed by atoms with van der Waals surface area (Å²) in [6.07, 6.45) is 0.565. The molecule has 24 heavy (non-hydrogen) atoms. The summed E-state index contributed by atoms with van der Waals surface area (Å²) >= 11 is 0. The summed E-state index contributed by atoms with van der Waals surface area (Å²) in [4.78, 5) is 27.2. The zero-order valence-electron chi connectivity index (χ0n) is 13.1. The summed E-state index contributed by atoms with van der Waals surface area (Å²) in [6.45, 7) is 1.88. The fourth-order valence-corrected chi connectivity index (χ4v) is 2.19. The van der Waals surface area contributed by atoms with Gasteiger partial charge in [0, 0.05) is 17.7 Å². The monoisotopic (exact) mass is 327 g/mol. The van der Waals surface area contributed by atoms with E-state index in [1.807, 2.05) is 37.3 Å². The van der Waals surface area contributed by atoms with Crippen LogP contribution in [0.5, 0.6) is 0 Å². The van der Waals surface area contributed by atoms with E-state index in [2.05, 4.69) is 5.16 Å². The zero-order chi connectivity index (χ0) is 17.5. The number of non-ortho nitro benzene ring substituents is 1. The molecule has 0 aromatic heterocycles. The van der Waals surface area contributed by atoms with E-state index in [0.717, 1.165) is 5.56 Å². The molecular weight excluding hydrogens is 310 g/mol. The minimum absolute atomic E-state index is 0.0267. The molecule has 0 radical (unpaired) electrons. The molecule has 2 aromatic rings. The molecule has 2 N–H and O–H groups in total. The number of benzene rings is 2. The van der Waals surface area contributed by atoms with Crippen LogP contribution in [0, 0.1) is 10.1 Å². The van der Waals surface area contributed by atoms with E-state index in [0.29, 0.717) is 12.0 Å². The molecule has 7 heteroatoms.